The number of thioether (sulfide) groups is 1. The van der Waals surface area contributed by atoms with Gasteiger partial charge in [-0.3, -0.25) is 0 Å². The number of fused-ring (bicyclic) bond motifs is 4. The van der Waals surface area contributed by atoms with Gasteiger partial charge in [-0.25, -0.2) is 0 Å². The van der Waals surface area contributed by atoms with E-state index in [-0.39, 0.29) is 0 Å². The van der Waals surface area contributed by atoms with Crippen molar-refractivity contribution in [2.45, 2.75) is 30.6 Å². The Hall–Kier alpha value is 0.310. The molecular formula is C7H13NS. The Morgan fingerprint density at radius 1 is 1.22 bits per heavy atom. The minimum atomic E-state index is 0.872. The second-order valence-corrected chi connectivity index (χ2v) is 4.37. The second-order valence-electron chi connectivity index (χ2n) is 2.96. The van der Waals surface area contributed by atoms with Crippen molar-refractivity contribution in [3.8, 4) is 0 Å². The normalized spacial score (nSPS) is 42.7. The van der Waals surface area contributed by atoms with Gasteiger partial charge in [0, 0.05) is 17.8 Å². The molecule has 3 aliphatic heterocycles. The summed E-state index contributed by atoms with van der Waals surface area (Å²) in [7, 11) is 0. The largest absolute Gasteiger partial charge is 0.313 e. The van der Waals surface area contributed by atoms with E-state index < -0.39 is 0 Å². The molecule has 3 saturated heterocycles. The summed E-state index contributed by atoms with van der Waals surface area (Å²) in [6.45, 7) is 1.27. The Morgan fingerprint density at radius 2 is 2.22 bits per heavy atom. The lowest BCUT2D eigenvalue weighted by Gasteiger charge is -2.23. The van der Waals surface area contributed by atoms with Crippen LogP contribution in [0.25, 0.3) is 0 Å². The van der Waals surface area contributed by atoms with Gasteiger partial charge in [-0.1, -0.05) is 0 Å². The molecule has 0 amide bonds. The maximum atomic E-state index is 3.56. The van der Waals surface area contributed by atoms with E-state index in [2.05, 4.69) is 17.1 Å². The molecule has 0 aliphatic carbocycles. The first-order valence-electron chi connectivity index (χ1n) is 3.80. The van der Waals surface area contributed by atoms with Gasteiger partial charge in [-0.15, -0.1) is 0 Å². The highest BCUT2D eigenvalue weighted by atomic mass is 32.2. The van der Waals surface area contributed by atoms with Crippen molar-refractivity contribution in [3.05, 3.63) is 0 Å². The molecule has 0 spiro atoms. The first-order valence-corrected chi connectivity index (χ1v) is 4.85. The molecule has 1 N–H and O–H groups in total. The summed E-state index contributed by atoms with van der Waals surface area (Å²) in [5.74, 6) is 1.39. The molecule has 1 nitrogen and oxygen atoms in total. The van der Waals surface area contributed by atoms with E-state index in [1.54, 1.807) is 0 Å². The predicted molar refractivity (Wildman–Crippen MR) is 41.9 cm³/mol. The topological polar surface area (TPSA) is 12.0 Å². The van der Waals surface area contributed by atoms with Gasteiger partial charge in [0.1, 0.15) is 0 Å². The number of nitrogens with one attached hydrogen (secondary N) is 1. The van der Waals surface area contributed by atoms with Crippen LogP contribution in [0.2, 0.25) is 0 Å². The highest BCUT2D eigenvalue weighted by molar-refractivity contribution is 7.99. The summed E-state index contributed by atoms with van der Waals surface area (Å²) < 4.78 is 0. The number of piperidine rings is 1. The number of hydrogen-bond acceptors (Lipinski definition) is 2. The maximum absolute atomic E-state index is 3.56. The van der Waals surface area contributed by atoms with Crippen LogP contribution in [0.5, 0.6) is 0 Å². The average Bonchev–Trinajstić information content (AvgIpc) is 2.21. The number of hydrogen-bond donors (Lipinski definition) is 1. The third kappa shape index (κ3) is 1.24. The molecule has 3 aliphatic rings. The summed E-state index contributed by atoms with van der Waals surface area (Å²) >= 11 is 2.16. The maximum Gasteiger partial charge on any atom is 0.0173 e. The van der Waals surface area contributed by atoms with Gasteiger partial charge in [0.05, 0.1) is 0 Å². The van der Waals surface area contributed by atoms with Gasteiger partial charge in [0.2, 0.25) is 0 Å². The summed E-state index contributed by atoms with van der Waals surface area (Å²) in [6.07, 6.45) is 4.29. The van der Waals surface area contributed by atoms with Crippen LogP contribution in [0.4, 0.5) is 0 Å². The Bertz CT molecular complexity index is 79.6. The van der Waals surface area contributed by atoms with Gasteiger partial charge in [-0.2, -0.15) is 11.8 Å². The van der Waals surface area contributed by atoms with E-state index in [4.69, 9.17) is 0 Å². The minimum Gasteiger partial charge on any atom is -0.313 e. The molecule has 0 radical (unpaired) electrons. The van der Waals surface area contributed by atoms with Crippen molar-refractivity contribution in [2.75, 3.05) is 12.3 Å². The molecule has 52 valence electrons. The van der Waals surface area contributed by atoms with E-state index >= 15 is 0 Å². The third-order valence-corrected chi connectivity index (χ3v) is 3.64. The SMILES string of the molecule is C1CC2CCC(CN2)S1. The first-order chi connectivity index (χ1) is 4.45. The molecule has 2 heteroatoms. The molecule has 0 aromatic carbocycles. The van der Waals surface area contributed by atoms with Crippen LogP contribution >= 0.6 is 11.8 Å². The Labute approximate surface area is 60.6 Å². The monoisotopic (exact) mass is 143 g/mol. The Morgan fingerprint density at radius 3 is 3.00 bits per heavy atom. The van der Waals surface area contributed by atoms with E-state index in [0.29, 0.717) is 0 Å². The zero-order valence-corrected chi connectivity index (χ0v) is 6.41. The van der Waals surface area contributed by atoms with E-state index in [9.17, 15) is 0 Å². The molecule has 3 fully saturated rings. The van der Waals surface area contributed by atoms with E-state index in [1.165, 1.54) is 31.6 Å². The first kappa shape index (κ1) is 6.05. The van der Waals surface area contributed by atoms with Gasteiger partial charge in [0.15, 0.2) is 0 Å². The molecule has 3 rings (SSSR count). The molecule has 0 saturated carbocycles. The van der Waals surface area contributed by atoms with Crippen molar-refractivity contribution in [1.29, 1.82) is 0 Å². The van der Waals surface area contributed by atoms with Crippen LogP contribution in [0, 0.1) is 0 Å². The highest BCUT2D eigenvalue weighted by Crippen LogP contribution is 2.27. The van der Waals surface area contributed by atoms with Crippen LogP contribution < -0.4 is 5.32 Å². The fraction of sp³-hybridized carbons (Fsp3) is 1.00. The summed E-state index contributed by atoms with van der Waals surface area (Å²) in [5.41, 5.74) is 0. The quantitative estimate of drug-likeness (QED) is 0.547. The van der Waals surface area contributed by atoms with Crippen LogP contribution in [0.15, 0.2) is 0 Å². The fourth-order valence-electron chi connectivity index (χ4n) is 1.65. The molecule has 2 unspecified atom stereocenters. The lowest BCUT2D eigenvalue weighted by atomic mass is 10.0. The molecule has 0 aromatic rings. The third-order valence-electron chi connectivity index (χ3n) is 2.29. The summed E-state index contributed by atoms with van der Waals surface area (Å²) in [5, 5.41) is 4.51. The lowest BCUT2D eigenvalue weighted by Crippen LogP contribution is -2.37. The Balaban J connectivity index is 2.03. The van der Waals surface area contributed by atoms with Crippen molar-refractivity contribution < 1.29 is 0 Å². The Kier molecular flexibility index (Phi) is 1.68. The molecule has 2 bridgehead atoms. The van der Waals surface area contributed by atoms with Gasteiger partial charge < -0.3 is 5.32 Å². The minimum absolute atomic E-state index is 0.872. The molecule has 3 heterocycles. The fourth-order valence-corrected chi connectivity index (χ4v) is 2.93. The van der Waals surface area contributed by atoms with Crippen LogP contribution in [0.1, 0.15) is 19.3 Å². The van der Waals surface area contributed by atoms with Gasteiger partial charge in [-0.05, 0) is 25.0 Å². The van der Waals surface area contributed by atoms with Crippen molar-refractivity contribution >= 4 is 11.8 Å². The van der Waals surface area contributed by atoms with Gasteiger partial charge >= 0.3 is 0 Å². The van der Waals surface area contributed by atoms with Crippen LogP contribution in [-0.2, 0) is 0 Å². The smallest absolute Gasteiger partial charge is 0.0173 e. The van der Waals surface area contributed by atoms with Gasteiger partial charge in [0.25, 0.3) is 0 Å². The highest BCUT2D eigenvalue weighted by Gasteiger charge is 2.24. The number of rotatable bonds is 0. The lowest BCUT2D eigenvalue weighted by molar-refractivity contribution is 0.413. The van der Waals surface area contributed by atoms with E-state index in [1.807, 2.05) is 0 Å². The van der Waals surface area contributed by atoms with Crippen LogP contribution in [-0.4, -0.2) is 23.6 Å². The summed E-state index contributed by atoms with van der Waals surface area (Å²) in [6, 6.07) is 0.872. The zero-order valence-electron chi connectivity index (χ0n) is 5.60. The van der Waals surface area contributed by atoms with E-state index in [0.717, 1.165) is 11.3 Å². The molecule has 9 heavy (non-hydrogen) atoms. The second kappa shape index (κ2) is 2.51. The molecular weight excluding hydrogens is 130 g/mol. The van der Waals surface area contributed by atoms with Crippen LogP contribution in [0.3, 0.4) is 0 Å². The molecule has 0 aromatic heterocycles. The summed E-state index contributed by atoms with van der Waals surface area (Å²) in [4.78, 5) is 0. The van der Waals surface area contributed by atoms with Crippen molar-refractivity contribution in [3.63, 3.8) is 0 Å². The predicted octanol–water partition coefficient (Wildman–Crippen LogP) is 1.24. The average molecular weight is 143 g/mol. The van der Waals surface area contributed by atoms with Crippen molar-refractivity contribution in [2.24, 2.45) is 0 Å². The zero-order chi connectivity index (χ0) is 6.10. The molecule has 2 atom stereocenters. The standard InChI is InChI=1S/C7H13NS/c1-2-7-5-8-6(1)3-4-9-7/h6-8H,1-5H2. The van der Waals surface area contributed by atoms with Crippen molar-refractivity contribution in [1.82, 2.24) is 5.32 Å².